The third kappa shape index (κ3) is 3.74. The van der Waals surface area contributed by atoms with Crippen molar-refractivity contribution in [2.45, 2.75) is 25.0 Å². The standard InChI is InChI=1S/C15H14FNO5/c1-2-7-21-13-8-9(16)3-4-10(13)17-14(18)11-5-6-12(22-11)15(19)20/h1,3-4,8,11-12H,5-7H2,(H,17,18)(H,19,20)/t11-,12+/m0/s1. The van der Waals surface area contributed by atoms with Crippen LogP contribution in [0.5, 0.6) is 5.75 Å². The summed E-state index contributed by atoms with van der Waals surface area (Å²) in [6.45, 7) is -0.0761. The van der Waals surface area contributed by atoms with Crippen LogP contribution in [0.4, 0.5) is 10.1 Å². The largest absolute Gasteiger partial charge is 0.479 e. The SMILES string of the molecule is C#CCOc1cc(F)ccc1NC(=O)[C@@H]1CC[C@H](C(=O)O)O1. The molecule has 0 saturated carbocycles. The van der Waals surface area contributed by atoms with Gasteiger partial charge in [-0.05, 0) is 25.0 Å². The fourth-order valence-corrected chi connectivity index (χ4v) is 2.06. The number of benzene rings is 1. The molecular weight excluding hydrogens is 293 g/mol. The van der Waals surface area contributed by atoms with Crippen LogP contribution in [-0.2, 0) is 14.3 Å². The zero-order valence-electron chi connectivity index (χ0n) is 11.5. The Morgan fingerprint density at radius 1 is 1.45 bits per heavy atom. The van der Waals surface area contributed by atoms with Gasteiger partial charge in [-0.15, -0.1) is 6.42 Å². The second-order valence-corrected chi connectivity index (χ2v) is 4.65. The molecule has 7 heteroatoms. The van der Waals surface area contributed by atoms with E-state index in [2.05, 4.69) is 11.2 Å². The Balaban J connectivity index is 2.05. The molecule has 2 rings (SSSR count). The van der Waals surface area contributed by atoms with Gasteiger partial charge < -0.3 is 19.9 Å². The number of carbonyl (C=O) groups excluding carboxylic acids is 1. The van der Waals surface area contributed by atoms with Crippen LogP contribution in [-0.4, -0.2) is 35.8 Å². The number of anilines is 1. The van der Waals surface area contributed by atoms with Gasteiger partial charge in [0.1, 0.15) is 24.3 Å². The number of terminal acetylenes is 1. The van der Waals surface area contributed by atoms with Crippen LogP contribution in [0, 0.1) is 18.2 Å². The number of carbonyl (C=O) groups is 2. The van der Waals surface area contributed by atoms with Crippen molar-refractivity contribution in [2.75, 3.05) is 11.9 Å². The molecule has 116 valence electrons. The second-order valence-electron chi connectivity index (χ2n) is 4.65. The van der Waals surface area contributed by atoms with Gasteiger partial charge in [-0.3, -0.25) is 4.79 Å². The van der Waals surface area contributed by atoms with E-state index in [4.69, 9.17) is 21.0 Å². The van der Waals surface area contributed by atoms with Gasteiger partial charge in [0, 0.05) is 6.07 Å². The number of nitrogens with one attached hydrogen (secondary N) is 1. The summed E-state index contributed by atoms with van der Waals surface area (Å²) >= 11 is 0. The van der Waals surface area contributed by atoms with Gasteiger partial charge in [-0.2, -0.15) is 0 Å². The molecule has 2 atom stereocenters. The maximum Gasteiger partial charge on any atom is 0.332 e. The molecule has 0 bridgehead atoms. The molecule has 1 fully saturated rings. The highest BCUT2D eigenvalue weighted by atomic mass is 19.1. The van der Waals surface area contributed by atoms with E-state index < -0.39 is 29.9 Å². The average Bonchev–Trinajstić information content (AvgIpc) is 2.97. The monoisotopic (exact) mass is 307 g/mol. The summed E-state index contributed by atoms with van der Waals surface area (Å²) in [7, 11) is 0. The highest BCUT2D eigenvalue weighted by Gasteiger charge is 2.34. The van der Waals surface area contributed by atoms with Gasteiger partial charge in [-0.25, -0.2) is 9.18 Å². The van der Waals surface area contributed by atoms with E-state index in [9.17, 15) is 14.0 Å². The molecule has 1 heterocycles. The lowest BCUT2D eigenvalue weighted by Gasteiger charge is -2.14. The molecule has 1 aromatic rings. The minimum atomic E-state index is -1.10. The minimum absolute atomic E-state index is 0.0761. The van der Waals surface area contributed by atoms with Crippen molar-refractivity contribution in [1.29, 1.82) is 0 Å². The van der Waals surface area contributed by atoms with Crippen LogP contribution in [0.25, 0.3) is 0 Å². The molecule has 1 amide bonds. The number of aliphatic carboxylic acids is 1. The number of carboxylic acids is 1. The van der Waals surface area contributed by atoms with E-state index in [0.717, 1.165) is 12.1 Å². The van der Waals surface area contributed by atoms with Crippen LogP contribution in [0.3, 0.4) is 0 Å². The number of amides is 1. The predicted molar refractivity (Wildman–Crippen MR) is 74.9 cm³/mol. The third-order valence-corrected chi connectivity index (χ3v) is 3.10. The summed E-state index contributed by atoms with van der Waals surface area (Å²) in [6, 6.07) is 3.60. The van der Waals surface area contributed by atoms with Crippen molar-refractivity contribution in [2.24, 2.45) is 0 Å². The average molecular weight is 307 g/mol. The zero-order valence-corrected chi connectivity index (χ0v) is 11.5. The molecule has 1 aliphatic heterocycles. The summed E-state index contributed by atoms with van der Waals surface area (Å²) in [6.07, 6.45) is 3.78. The van der Waals surface area contributed by atoms with Gasteiger partial charge in [0.05, 0.1) is 5.69 Å². The number of halogens is 1. The maximum atomic E-state index is 13.2. The molecule has 1 saturated heterocycles. The number of carboxylic acid groups (broad SMARTS) is 1. The Kier molecular flexibility index (Phi) is 4.96. The first-order valence-electron chi connectivity index (χ1n) is 6.56. The van der Waals surface area contributed by atoms with E-state index in [1.807, 2.05) is 0 Å². The molecule has 1 aliphatic rings. The fraction of sp³-hybridized carbons (Fsp3) is 0.333. The van der Waals surface area contributed by atoms with Gasteiger partial charge in [0.25, 0.3) is 5.91 Å². The van der Waals surface area contributed by atoms with E-state index >= 15 is 0 Å². The molecule has 6 nitrogen and oxygen atoms in total. The highest BCUT2D eigenvalue weighted by molar-refractivity contribution is 5.96. The smallest absolute Gasteiger partial charge is 0.332 e. The Morgan fingerprint density at radius 2 is 2.18 bits per heavy atom. The van der Waals surface area contributed by atoms with Crippen molar-refractivity contribution >= 4 is 17.6 Å². The Bertz CT molecular complexity index is 625. The molecular formula is C15H14FNO5. The summed E-state index contributed by atoms with van der Waals surface area (Å²) in [5, 5.41) is 11.4. The van der Waals surface area contributed by atoms with Crippen molar-refractivity contribution in [3.63, 3.8) is 0 Å². The Labute approximate surface area is 126 Å². The molecule has 1 aromatic carbocycles. The lowest BCUT2D eigenvalue weighted by Crippen LogP contribution is -2.30. The Hall–Kier alpha value is -2.59. The topological polar surface area (TPSA) is 84.9 Å². The molecule has 2 N–H and O–H groups in total. The zero-order chi connectivity index (χ0) is 16.1. The van der Waals surface area contributed by atoms with Gasteiger partial charge in [0.2, 0.25) is 0 Å². The maximum absolute atomic E-state index is 13.2. The first kappa shape index (κ1) is 15.8. The van der Waals surface area contributed by atoms with Gasteiger partial charge in [-0.1, -0.05) is 5.92 Å². The van der Waals surface area contributed by atoms with E-state index in [-0.39, 0.29) is 24.5 Å². The van der Waals surface area contributed by atoms with Gasteiger partial charge in [0.15, 0.2) is 6.10 Å². The molecule has 0 aromatic heterocycles. The summed E-state index contributed by atoms with van der Waals surface area (Å²) in [4.78, 5) is 22.9. The van der Waals surface area contributed by atoms with Crippen molar-refractivity contribution < 1.29 is 28.6 Å². The van der Waals surface area contributed by atoms with E-state index in [0.29, 0.717) is 6.42 Å². The van der Waals surface area contributed by atoms with Crippen molar-refractivity contribution in [3.05, 3.63) is 24.0 Å². The fourth-order valence-electron chi connectivity index (χ4n) is 2.06. The quantitative estimate of drug-likeness (QED) is 0.803. The van der Waals surface area contributed by atoms with Crippen molar-refractivity contribution in [1.82, 2.24) is 0 Å². The third-order valence-electron chi connectivity index (χ3n) is 3.10. The summed E-state index contributed by atoms with van der Waals surface area (Å²) < 4.78 is 23.5. The van der Waals surface area contributed by atoms with Gasteiger partial charge >= 0.3 is 5.97 Å². The second kappa shape index (κ2) is 6.91. The molecule has 0 aliphatic carbocycles. The molecule has 22 heavy (non-hydrogen) atoms. The highest BCUT2D eigenvalue weighted by Crippen LogP contribution is 2.27. The minimum Gasteiger partial charge on any atom is -0.479 e. The number of rotatable bonds is 5. The Morgan fingerprint density at radius 3 is 2.82 bits per heavy atom. The van der Waals surface area contributed by atoms with Crippen molar-refractivity contribution in [3.8, 4) is 18.1 Å². The van der Waals surface area contributed by atoms with Crippen LogP contribution in [0.2, 0.25) is 0 Å². The normalized spacial score (nSPS) is 20.2. The van der Waals surface area contributed by atoms with Crippen LogP contribution in [0.15, 0.2) is 18.2 Å². The number of hydrogen-bond acceptors (Lipinski definition) is 4. The van der Waals surface area contributed by atoms with Crippen LogP contribution in [0.1, 0.15) is 12.8 Å². The molecule has 0 unspecified atom stereocenters. The number of hydrogen-bond donors (Lipinski definition) is 2. The summed E-state index contributed by atoms with van der Waals surface area (Å²) in [5.74, 6) is 0.190. The lowest BCUT2D eigenvalue weighted by atomic mass is 10.2. The first-order valence-corrected chi connectivity index (χ1v) is 6.56. The summed E-state index contributed by atoms with van der Waals surface area (Å²) in [5.41, 5.74) is 0.240. The first-order chi connectivity index (χ1) is 10.5. The van der Waals surface area contributed by atoms with Crippen LogP contribution >= 0.6 is 0 Å². The lowest BCUT2D eigenvalue weighted by molar-refractivity contribution is -0.150. The molecule has 0 spiro atoms. The number of ether oxygens (including phenoxy) is 2. The van der Waals surface area contributed by atoms with E-state index in [1.54, 1.807) is 0 Å². The predicted octanol–water partition coefficient (Wildman–Crippen LogP) is 1.41. The van der Waals surface area contributed by atoms with Crippen LogP contribution < -0.4 is 10.1 Å². The van der Waals surface area contributed by atoms with E-state index in [1.165, 1.54) is 6.07 Å². The molecule has 0 radical (unpaired) electrons.